The first-order valence-electron chi connectivity index (χ1n) is 9.82. The summed E-state index contributed by atoms with van der Waals surface area (Å²) in [6.45, 7) is 3.39. The average Bonchev–Trinajstić information content (AvgIpc) is 2.76. The van der Waals surface area contributed by atoms with Crippen molar-refractivity contribution < 1.29 is 14.2 Å². The Bertz CT molecular complexity index is 1040. The summed E-state index contributed by atoms with van der Waals surface area (Å²) in [6, 6.07) is 19.2. The van der Waals surface area contributed by atoms with Crippen LogP contribution in [-0.2, 0) is 13.2 Å². The van der Waals surface area contributed by atoms with Crippen LogP contribution in [0.3, 0.4) is 0 Å². The molecule has 3 aromatic rings. The molecule has 5 nitrogen and oxygen atoms in total. The molecule has 0 atom stereocenters. The highest BCUT2D eigenvalue weighted by Crippen LogP contribution is 2.37. The highest BCUT2D eigenvalue weighted by molar-refractivity contribution is 9.10. The Hall–Kier alpha value is -2.70. The fourth-order valence-electron chi connectivity index (χ4n) is 2.95. The maximum absolute atomic E-state index is 6.06. The van der Waals surface area contributed by atoms with Crippen molar-refractivity contribution in [2.75, 3.05) is 13.7 Å². The predicted molar refractivity (Wildman–Crippen MR) is 129 cm³/mol. The van der Waals surface area contributed by atoms with Crippen LogP contribution in [0.15, 0.2) is 70.2 Å². The Balaban J connectivity index is 1.69. The van der Waals surface area contributed by atoms with Gasteiger partial charge < -0.3 is 19.6 Å². The highest BCUT2D eigenvalue weighted by atomic mass is 79.9. The van der Waals surface area contributed by atoms with Gasteiger partial charge in [0.2, 0.25) is 0 Å². The summed E-state index contributed by atoms with van der Waals surface area (Å²) in [6.07, 6.45) is 1.74. The zero-order chi connectivity index (χ0) is 22.1. The number of para-hydroxylation sites is 1. The molecule has 0 amide bonds. The van der Waals surface area contributed by atoms with Gasteiger partial charge in [-0.25, -0.2) is 0 Å². The van der Waals surface area contributed by atoms with Crippen molar-refractivity contribution in [2.24, 2.45) is 5.10 Å². The smallest absolute Gasteiger partial charge is 0.175 e. The number of nitrogens with one attached hydrogen (secondary N) is 1. The molecule has 162 valence electrons. The van der Waals surface area contributed by atoms with E-state index in [0.717, 1.165) is 26.9 Å². The van der Waals surface area contributed by atoms with Gasteiger partial charge in [0.15, 0.2) is 11.5 Å². The topological polar surface area (TPSA) is 52.1 Å². The van der Waals surface area contributed by atoms with E-state index in [-0.39, 0.29) is 0 Å². The molecular weight excluding hydrogens is 480 g/mol. The minimum Gasteiger partial charge on any atom is -0.496 e. The fourth-order valence-corrected chi connectivity index (χ4v) is 3.73. The van der Waals surface area contributed by atoms with Crippen LogP contribution in [0, 0.1) is 0 Å². The van der Waals surface area contributed by atoms with Gasteiger partial charge in [-0.15, -0.1) is 0 Å². The number of methoxy groups -OCH3 is 1. The maximum atomic E-state index is 6.06. The van der Waals surface area contributed by atoms with Gasteiger partial charge in [-0.2, -0.15) is 5.10 Å². The van der Waals surface area contributed by atoms with Crippen molar-refractivity contribution >= 4 is 33.7 Å². The van der Waals surface area contributed by atoms with E-state index in [4.69, 9.17) is 25.8 Å². The molecule has 0 bridgehead atoms. The van der Waals surface area contributed by atoms with Crippen LogP contribution in [-0.4, -0.2) is 19.9 Å². The third kappa shape index (κ3) is 6.64. The monoisotopic (exact) mass is 502 g/mol. The van der Waals surface area contributed by atoms with E-state index in [1.165, 1.54) is 0 Å². The van der Waals surface area contributed by atoms with E-state index in [0.29, 0.717) is 36.3 Å². The summed E-state index contributed by atoms with van der Waals surface area (Å²) in [5.74, 6) is 2.11. The Morgan fingerprint density at radius 1 is 1.03 bits per heavy atom. The largest absolute Gasteiger partial charge is 0.496 e. The second-order valence-corrected chi connectivity index (χ2v) is 7.88. The van der Waals surface area contributed by atoms with E-state index in [1.807, 2.05) is 67.6 Å². The number of nitrogens with zero attached hydrogens (tertiary/aromatic N) is 1. The quantitative estimate of drug-likeness (QED) is 0.264. The molecule has 31 heavy (non-hydrogen) atoms. The van der Waals surface area contributed by atoms with Gasteiger partial charge >= 0.3 is 0 Å². The number of hydrazone groups is 1. The standard InChI is InChI=1S/C24H24BrClN2O3/c1-3-30-23-13-18(14-27-28-15-19-8-4-5-10-22(19)29-2)12-21(25)24(23)31-16-17-7-6-9-20(26)11-17/h4-14,28H,3,15-16H2,1-2H3/b27-14+. The molecule has 1 N–H and O–H groups in total. The molecule has 0 saturated heterocycles. The van der Waals surface area contributed by atoms with Crippen molar-refractivity contribution in [3.63, 3.8) is 0 Å². The molecule has 3 aromatic carbocycles. The number of hydrogen-bond acceptors (Lipinski definition) is 5. The molecular formula is C24H24BrClN2O3. The normalized spacial score (nSPS) is 10.8. The summed E-state index contributed by atoms with van der Waals surface area (Å²) in [4.78, 5) is 0. The van der Waals surface area contributed by atoms with E-state index in [1.54, 1.807) is 13.3 Å². The number of benzene rings is 3. The van der Waals surface area contributed by atoms with Gasteiger partial charge in [-0.05, 0) is 64.3 Å². The Kier molecular flexibility index (Phi) is 8.62. The molecule has 0 aliphatic heterocycles. The molecule has 0 saturated carbocycles. The number of halogens is 2. The fraction of sp³-hybridized carbons (Fsp3) is 0.208. The molecule has 0 aliphatic rings. The summed E-state index contributed by atoms with van der Waals surface area (Å²) < 4.78 is 18.0. The van der Waals surface area contributed by atoms with Crippen molar-refractivity contribution in [3.05, 3.63) is 86.8 Å². The second kappa shape index (κ2) is 11.6. The first-order chi connectivity index (χ1) is 15.1. The Morgan fingerprint density at radius 2 is 1.87 bits per heavy atom. The van der Waals surface area contributed by atoms with Crippen LogP contribution in [0.4, 0.5) is 0 Å². The number of ether oxygens (including phenoxy) is 3. The van der Waals surface area contributed by atoms with Crippen LogP contribution in [0.1, 0.15) is 23.6 Å². The zero-order valence-corrected chi connectivity index (χ0v) is 19.7. The minimum atomic E-state index is 0.382. The van der Waals surface area contributed by atoms with Crippen molar-refractivity contribution in [1.29, 1.82) is 0 Å². The van der Waals surface area contributed by atoms with Gasteiger partial charge in [0.1, 0.15) is 12.4 Å². The summed E-state index contributed by atoms with van der Waals surface area (Å²) >= 11 is 9.65. The molecule has 0 radical (unpaired) electrons. The van der Waals surface area contributed by atoms with E-state index in [9.17, 15) is 0 Å². The lowest BCUT2D eigenvalue weighted by Gasteiger charge is -2.15. The number of rotatable bonds is 10. The highest BCUT2D eigenvalue weighted by Gasteiger charge is 2.12. The van der Waals surface area contributed by atoms with Gasteiger partial charge in [-0.3, -0.25) is 0 Å². The molecule has 3 rings (SSSR count). The predicted octanol–water partition coefficient (Wildman–Crippen LogP) is 6.21. The van der Waals surface area contributed by atoms with Gasteiger partial charge in [-0.1, -0.05) is 41.9 Å². The maximum Gasteiger partial charge on any atom is 0.175 e. The van der Waals surface area contributed by atoms with Crippen molar-refractivity contribution in [1.82, 2.24) is 5.43 Å². The van der Waals surface area contributed by atoms with Crippen molar-refractivity contribution in [3.8, 4) is 17.2 Å². The lowest BCUT2D eigenvalue weighted by atomic mass is 10.2. The Morgan fingerprint density at radius 3 is 2.65 bits per heavy atom. The van der Waals surface area contributed by atoms with Crippen LogP contribution in [0.25, 0.3) is 0 Å². The van der Waals surface area contributed by atoms with E-state index < -0.39 is 0 Å². The Labute approximate surface area is 196 Å². The molecule has 0 fully saturated rings. The SMILES string of the molecule is CCOc1cc(/C=N/NCc2ccccc2OC)cc(Br)c1OCc1cccc(Cl)c1. The molecule has 0 aromatic heterocycles. The molecule has 0 spiro atoms. The first kappa shape index (κ1) is 23.0. The number of hydrogen-bond donors (Lipinski definition) is 1. The summed E-state index contributed by atoms with van der Waals surface area (Å²) in [5, 5.41) is 5.00. The molecule has 0 unspecified atom stereocenters. The van der Waals surface area contributed by atoms with Gasteiger partial charge in [0, 0.05) is 10.6 Å². The van der Waals surface area contributed by atoms with Crippen LogP contribution in [0.2, 0.25) is 5.02 Å². The van der Waals surface area contributed by atoms with E-state index >= 15 is 0 Å². The third-order valence-corrected chi connectivity index (χ3v) is 5.19. The van der Waals surface area contributed by atoms with Crippen LogP contribution in [0.5, 0.6) is 17.2 Å². The average molecular weight is 504 g/mol. The van der Waals surface area contributed by atoms with Gasteiger partial charge in [0.25, 0.3) is 0 Å². The second-order valence-electron chi connectivity index (χ2n) is 6.59. The minimum absolute atomic E-state index is 0.382. The van der Waals surface area contributed by atoms with Crippen LogP contribution < -0.4 is 19.6 Å². The summed E-state index contributed by atoms with van der Waals surface area (Å²) in [7, 11) is 1.66. The first-order valence-corrected chi connectivity index (χ1v) is 11.0. The van der Waals surface area contributed by atoms with Crippen molar-refractivity contribution in [2.45, 2.75) is 20.1 Å². The molecule has 0 heterocycles. The third-order valence-electron chi connectivity index (χ3n) is 4.37. The molecule has 0 aliphatic carbocycles. The lowest BCUT2D eigenvalue weighted by Crippen LogP contribution is -2.07. The lowest BCUT2D eigenvalue weighted by molar-refractivity contribution is 0.267. The zero-order valence-electron chi connectivity index (χ0n) is 17.4. The van der Waals surface area contributed by atoms with Crippen LogP contribution >= 0.6 is 27.5 Å². The van der Waals surface area contributed by atoms with Gasteiger partial charge in [0.05, 0.1) is 30.9 Å². The summed E-state index contributed by atoms with van der Waals surface area (Å²) in [5.41, 5.74) is 5.94. The molecule has 7 heteroatoms. The van der Waals surface area contributed by atoms with E-state index in [2.05, 4.69) is 26.5 Å².